The summed E-state index contributed by atoms with van der Waals surface area (Å²) >= 11 is 2.07. The van der Waals surface area contributed by atoms with Gasteiger partial charge in [0.15, 0.2) is 11.5 Å². The Morgan fingerprint density at radius 1 is 1.32 bits per heavy atom. The minimum absolute atomic E-state index is 0.0448. The molecule has 2 rings (SSSR count). The Hall–Kier alpha value is -2.36. The number of hydrogen-bond acceptors (Lipinski definition) is 5. The van der Waals surface area contributed by atoms with E-state index in [2.05, 4.69) is 27.9 Å². The molecule has 0 aromatic heterocycles. The smallest absolute Gasteiger partial charge is 0.274 e. The normalized spacial score (nSPS) is 10.2. The van der Waals surface area contributed by atoms with E-state index in [0.29, 0.717) is 34.9 Å². The predicted octanol–water partition coefficient (Wildman–Crippen LogP) is 4.17. The van der Waals surface area contributed by atoms with E-state index in [-0.39, 0.29) is 5.69 Å². The summed E-state index contributed by atoms with van der Waals surface area (Å²) in [5, 5.41) is 13.7. The van der Waals surface area contributed by atoms with Crippen LogP contribution in [0.3, 0.4) is 0 Å². The van der Waals surface area contributed by atoms with Crippen LogP contribution in [0.1, 0.15) is 22.8 Å². The second kappa shape index (κ2) is 8.15. The molecule has 0 bridgehead atoms. The molecule has 0 saturated heterocycles. The number of anilines is 1. The molecular formula is C17H17IN2O5. The third-order valence-corrected chi connectivity index (χ3v) is 4.25. The number of rotatable bonds is 6. The number of benzene rings is 2. The summed E-state index contributed by atoms with van der Waals surface area (Å²) in [4.78, 5) is 23.0. The van der Waals surface area contributed by atoms with Gasteiger partial charge in [0, 0.05) is 22.9 Å². The van der Waals surface area contributed by atoms with E-state index in [0.717, 1.165) is 3.57 Å². The first-order valence-corrected chi connectivity index (χ1v) is 8.52. The lowest BCUT2D eigenvalue weighted by Gasteiger charge is -2.13. The summed E-state index contributed by atoms with van der Waals surface area (Å²) in [6, 6.07) is 7.80. The molecule has 0 saturated carbocycles. The van der Waals surface area contributed by atoms with Gasteiger partial charge in [0.05, 0.1) is 22.2 Å². The SMILES string of the molecule is CCOc1c(I)cc(C(=O)Nc2ccc(C)c([N+](=O)[O-])c2)cc1OC. The number of carbonyl (C=O) groups excluding carboxylic acids is 1. The first-order valence-electron chi connectivity index (χ1n) is 7.44. The van der Waals surface area contributed by atoms with Gasteiger partial charge >= 0.3 is 0 Å². The standard InChI is InChI=1S/C17H17IN2O5/c1-4-25-16-13(18)7-11(8-15(16)24-3)17(21)19-12-6-5-10(2)14(9-12)20(22)23/h5-9H,4H2,1-3H3,(H,19,21). The molecule has 2 aromatic rings. The van der Waals surface area contributed by atoms with Crippen LogP contribution in [0.4, 0.5) is 11.4 Å². The Labute approximate surface area is 158 Å². The molecule has 25 heavy (non-hydrogen) atoms. The van der Waals surface area contributed by atoms with E-state index in [1.54, 1.807) is 31.2 Å². The van der Waals surface area contributed by atoms with E-state index in [1.807, 2.05) is 6.92 Å². The zero-order valence-electron chi connectivity index (χ0n) is 14.0. The third-order valence-electron chi connectivity index (χ3n) is 3.44. The molecule has 0 spiro atoms. The molecule has 0 unspecified atom stereocenters. The van der Waals surface area contributed by atoms with Crippen molar-refractivity contribution in [1.29, 1.82) is 0 Å². The third kappa shape index (κ3) is 4.38. The zero-order chi connectivity index (χ0) is 18.6. The van der Waals surface area contributed by atoms with Crippen LogP contribution in [-0.2, 0) is 0 Å². The number of amides is 1. The number of hydrogen-bond donors (Lipinski definition) is 1. The van der Waals surface area contributed by atoms with Crippen molar-refractivity contribution >= 4 is 39.9 Å². The Morgan fingerprint density at radius 2 is 2.04 bits per heavy atom. The minimum atomic E-state index is -0.478. The number of ether oxygens (including phenoxy) is 2. The maximum Gasteiger partial charge on any atom is 0.274 e. The summed E-state index contributed by atoms with van der Waals surface area (Å²) in [5.74, 6) is 0.638. The van der Waals surface area contributed by atoms with Gasteiger partial charge in [0.1, 0.15) is 0 Å². The van der Waals surface area contributed by atoms with Crippen molar-refractivity contribution in [2.24, 2.45) is 0 Å². The molecule has 8 heteroatoms. The van der Waals surface area contributed by atoms with Crippen molar-refractivity contribution < 1.29 is 19.2 Å². The summed E-state index contributed by atoms with van der Waals surface area (Å²) in [6.45, 7) is 3.98. The van der Waals surface area contributed by atoms with E-state index < -0.39 is 10.8 Å². The number of halogens is 1. The Balaban J connectivity index is 2.31. The maximum atomic E-state index is 12.5. The van der Waals surface area contributed by atoms with Crippen LogP contribution in [0.2, 0.25) is 0 Å². The van der Waals surface area contributed by atoms with Crippen LogP contribution in [0.25, 0.3) is 0 Å². The fourth-order valence-electron chi connectivity index (χ4n) is 2.22. The molecular weight excluding hydrogens is 439 g/mol. The first-order chi connectivity index (χ1) is 11.9. The molecule has 0 aliphatic rings. The number of nitro benzene ring substituents is 1. The average Bonchev–Trinajstić information content (AvgIpc) is 2.57. The Kier molecular flexibility index (Phi) is 6.18. The van der Waals surface area contributed by atoms with E-state index in [4.69, 9.17) is 9.47 Å². The minimum Gasteiger partial charge on any atom is -0.493 e. The molecule has 0 aliphatic heterocycles. The number of aryl methyl sites for hydroxylation is 1. The molecule has 1 N–H and O–H groups in total. The summed E-state index contributed by atoms with van der Waals surface area (Å²) in [5.41, 5.74) is 1.20. The van der Waals surface area contributed by atoms with Crippen molar-refractivity contribution in [3.05, 3.63) is 55.1 Å². The van der Waals surface area contributed by atoms with Gasteiger partial charge in [-0.1, -0.05) is 6.07 Å². The van der Waals surface area contributed by atoms with Gasteiger partial charge in [-0.15, -0.1) is 0 Å². The highest BCUT2D eigenvalue weighted by Gasteiger charge is 2.17. The topological polar surface area (TPSA) is 90.7 Å². The molecule has 1 amide bonds. The molecule has 7 nitrogen and oxygen atoms in total. The van der Waals surface area contributed by atoms with Crippen LogP contribution < -0.4 is 14.8 Å². The number of methoxy groups -OCH3 is 1. The highest BCUT2D eigenvalue weighted by Crippen LogP contribution is 2.34. The molecule has 0 atom stereocenters. The largest absolute Gasteiger partial charge is 0.493 e. The molecule has 0 fully saturated rings. The summed E-state index contributed by atoms with van der Waals surface area (Å²) in [6.07, 6.45) is 0. The number of nitrogens with one attached hydrogen (secondary N) is 1. The van der Waals surface area contributed by atoms with Crippen molar-refractivity contribution in [3.8, 4) is 11.5 Å². The lowest BCUT2D eigenvalue weighted by Crippen LogP contribution is -2.13. The molecule has 0 heterocycles. The van der Waals surface area contributed by atoms with Gasteiger partial charge in [0.2, 0.25) is 0 Å². The summed E-state index contributed by atoms with van der Waals surface area (Å²) in [7, 11) is 1.50. The lowest BCUT2D eigenvalue weighted by atomic mass is 10.1. The zero-order valence-corrected chi connectivity index (χ0v) is 16.1. The average molecular weight is 456 g/mol. The molecule has 0 radical (unpaired) electrons. The number of nitro groups is 1. The predicted molar refractivity (Wildman–Crippen MR) is 103 cm³/mol. The summed E-state index contributed by atoms with van der Waals surface area (Å²) < 4.78 is 11.5. The quantitative estimate of drug-likeness (QED) is 0.401. The van der Waals surface area contributed by atoms with Gasteiger partial charge in [-0.2, -0.15) is 0 Å². The lowest BCUT2D eigenvalue weighted by molar-refractivity contribution is -0.385. The highest BCUT2D eigenvalue weighted by atomic mass is 127. The van der Waals surface area contributed by atoms with Gasteiger partial charge < -0.3 is 14.8 Å². The van der Waals surface area contributed by atoms with Crippen LogP contribution in [0.15, 0.2) is 30.3 Å². The van der Waals surface area contributed by atoms with Crippen molar-refractivity contribution in [1.82, 2.24) is 0 Å². The molecule has 132 valence electrons. The Bertz CT molecular complexity index is 823. The monoisotopic (exact) mass is 456 g/mol. The van der Waals surface area contributed by atoms with Crippen LogP contribution in [0, 0.1) is 20.6 Å². The van der Waals surface area contributed by atoms with Crippen molar-refractivity contribution in [2.75, 3.05) is 19.0 Å². The van der Waals surface area contributed by atoms with Crippen molar-refractivity contribution in [3.63, 3.8) is 0 Å². The van der Waals surface area contributed by atoms with Gasteiger partial charge in [0.25, 0.3) is 11.6 Å². The second-order valence-corrected chi connectivity index (χ2v) is 6.30. The number of carbonyl (C=O) groups is 1. The number of nitrogens with zero attached hydrogens (tertiary/aromatic N) is 1. The van der Waals surface area contributed by atoms with Crippen molar-refractivity contribution in [2.45, 2.75) is 13.8 Å². The fourth-order valence-corrected chi connectivity index (χ4v) is 2.98. The maximum absolute atomic E-state index is 12.5. The van der Waals surface area contributed by atoms with E-state index >= 15 is 0 Å². The van der Waals surface area contributed by atoms with Crippen LogP contribution in [0.5, 0.6) is 11.5 Å². The van der Waals surface area contributed by atoms with Gasteiger partial charge in [-0.25, -0.2) is 0 Å². The Morgan fingerprint density at radius 3 is 2.64 bits per heavy atom. The van der Waals surface area contributed by atoms with Crippen LogP contribution >= 0.6 is 22.6 Å². The first kappa shape index (κ1) is 19.0. The van der Waals surface area contributed by atoms with Gasteiger partial charge in [-0.3, -0.25) is 14.9 Å². The fraction of sp³-hybridized carbons (Fsp3) is 0.235. The van der Waals surface area contributed by atoms with Crippen LogP contribution in [-0.4, -0.2) is 24.5 Å². The van der Waals surface area contributed by atoms with E-state index in [9.17, 15) is 14.9 Å². The molecule has 0 aliphatic carbocycles. The highest BCUT2D eigenvalue weighted by molar-refractivity contribution is 14.1. The second-order valence-electron chi connectivity index (χ2n) is 5.13. The molecule has 2 aromatic carbocycles. The van der Waals surface area contributed by atoms with Gasteiger partial charge in [-0.05, 0) is 54.6 Å². The van der Waals surface area contributed by atoms with E-state index in [1.165, 1.54) is 13.2 Å².